The van der Waals surface area contributed by atoms with Crippen molar-refractivity contribution in [2.75, 3.05) is 0 Å². The predicted molar refractivity (Wildman–Crippen MR) is 52.2 cm³/mol. The maximum atomic E-state index is 10.7. The van der Waals surface area contributed by atoms with E-state index < -0.39 is 12.0 Å². The van der Waals surface area contributed by atoms with Crippen molar-refractivity contribution in [1.29, 1.82) is 0 Å². The van der Waals surface area contributed by atoms with E-state index in [0.29, 0.717) is 0 Å². The van der Waals surface area contributed by atoms with Crippen molar-refractivity contribution in [3.8, 4) is 0 Å². The van der Waals surface area contributed by atoms with Crippen LogP contribution in [0, 0.1) is 13.8 Å². The quantitative estimate of drug-likeness (QED) is 0.768. The zero-order valence-electron chi connectivity index (χ0n) is 8.57. The molecule has 1 rings (SSSR count). The number of rotatable bonds is 3. The van der Waals surface area contributed by atoms with E-state index in [9.17, 15) is 4.79 Å². The van der Waals surface area contributed by atoms with E-state index in [0.717, 1.165) is 17.1 Å². The molecule has 0 aliphatic rings. The van der Waals surface area contributed by atoms with Crippen LogP contribution in [0.15, 0.2) is 10.5 Å². The molecule has 1 aromatic rings. The molecule has 0 fully saturated rings. The van der Waals surface area contributed by atoms with Crippen LogP contribution in [0.4, 0.5) is 0 Å². The van der Waals surface area contributed by atoms with Gasteiger partial charge in [-0.1, -0.05) is 6.92 Å². The predicted octanol–water partition coefficient (Wildman–Crippen LogP) is 1.41. The molecule has 0 aromatic carbocycles. The molecule has 0 amide bonds. The largest absolute Gasteiger partial charge is 0.480 e. The summed E-state index contributed by atoms with van der Waals surface area (Å²) in [6, 6.07) is 0.952. The maximum Gasteiger partial charge on any atom is 0.321 e. The van der Waals surface area contributed by atoms with Gasteiger partial charge in [-0.05, 0) is 25.5 Å². The number of hydrogen-bond donors (Lipinski definition) is 2. The van der Waals surface area contributed by atoms with Crippen molar-refractivity contribution in [3.63, 3.8) is 0 Å². The lowest BCUT2D eigenvalue weighted by Gasteiger charge is -2.14. The summed E-state index contributed by atoms with van der Waals surface area (Å²) in [5.74, 6) is 0.300. The minimum atomic E-state index is -0.990. The topological polar surface area (TPSA) is 76.5 Å². The molecule has 0 saturated carbocycles. The highest BCUT2D eigenvalue weighted by Gasteiger charge is 2.24. The van der Waals surface area contributed by atoms with E-state index >= 15 is 0 Å². The van der Waals surface area contributed by atoms with Gasteiger partial charge in [-0.2, -0.15) is 0 Å². The van der Waals surface area contributed by atoms with Crippen molar-refractivity contribution in [3.05, 3.63) is 23.2 Å². The molecule has 0 aliphatic carbocycles. The zero-order valence-corrected chi connectivity index (χ0v) is 8.57. The fraction of sp³-hybridized carbons (Fsp3) is 0.500. The van der Waals surface area contributed by atoms with Crippen LogP contribution in [0.5, 0.6) is 0 Å². The molecule has 0 saturated heterocycles. The lowest BCUT2D eigenvalue weighted by molar-refractivity contribution is -0.139. The monoisotopic (exact) mass is 197 g/mol. The van der Waals surface area contributed by atoms with Gasteiger partial charge in [0.2, 0.25) is 0 Å². The molecule has 0 bridgehead atoms. The van der Waals surface area contributed by atoms with Crippen LogP contribution in [0.2, 0.25) is 0 Å². The van der Waals surface area contributed by atoms with Crippen LogP contribution in [-0.4, -0.2) is 17.1 Å². The van der Waals surface area contributed by atoms with Crippen LogP contribution < -0.4 is 5.73 Å². The highest BCUT2D eigenvalue weighted by molar-refractivity contribution is 5.74. The van der Waals surface area contributed by atoms with Gasteiger partial charge in [0.25, 0.3) is 0 Å². The third-order valence-electron chi connectivity index (χ3n) is 2.39. The normalized spacial score (nSPS) is 15.1. The maximum absolute atomic E-state index is 10.7. The van der Waals surface area contributed by atoms with Crippen LogP contribution >= 0.6 is 0 Å². The molecule has 1 aromatic heterocycles. The molecule has 4 heteroatoms. The third kappa shape index (κ3) is 1.96. The molecule has 14 heavy (non-hydrogen) atoms. The summed E-state index contributed by atoms with van der Waals surface area (Å²) in [7, 11) is 0. The molecule has 4 nitrogen and oxygen atoms in total. The van der Waals surface area contributed by atoms with E-state index in [1.807, 2.05) is 19.9 Å². The number of carboxylic acids is 1. The van der Waals surface area contributed by atoms with Gasteiger partial charge in [-0.25, -0.2) is 0 Å². The van der Waals surface area contributed by atoms with Crippen molar-refractivity contribution in [2.45, 2.75) is 32.7 Å². The summed E-state index contributed by atoms with van der Waals surface area (Å²) in [5.41, 5.74) is 6.40. The SMILES string of the molecule is Cc1cc(C(C)C(N)C(=O)O)c(C)o1. The molecule has 3 N–H and O–H groups in total. The Balaban J connectivity index is 2.94. The number of carboxylic acid groups (broad SMARTS) is 1. The summed E-state index contributed by atoms with van der Waals surface area (Å²) < 4.78 is 5.32. The first kappa shape index (κ1) is 10.8. The van der Waals surface area contributed by atoms with Crippen LogP contribution in [-0.2, 0) is 4.79 Å². The van der Waals surface area contributed by atoms with Gasteiger partial charge in [-0.15, -0.1) is 0 Å². The first-order valence-corrected chi connectivity index (χ1v) is 4.48. The molecule has 0 spiro atoms. The minimum Gasteiger partial charge on any atom is -0.480 e. The summed E-state index contributed by atoms with van der Waals surface area (Å²) in [6.07, 6.45) is 0. The van der Waals surface area contributed by atoms with E-state index in [-0.39, 0.29) is 5.92 Å². The van der Waals surface area contributed by atoms with Gasteiger partial charge >= 0.3 is 5.97 Å². The Kier molecular flexibility index (Phi) is 2.96. The molecular formula is C10H15NO3. The lowest BCUT2D eigenvalue weighted by atomic mass is 9.94. The molecular weight excluding hydrogens is 182 g/mol. The summed E-state index contributed by atoms with van der Waals surface area (Å²) in [5, 5.41) is 8.76. The summed E-state index contributed by atoms with van der Waals surface area (Å²) >= 11 is 0. The van der Waals surface area contributed by atoms with E-state index in [1.165, 1.54) is 0 Å². The number of aliphatic carboxylic acids is 1. The smallest absolute Gasteiger partial charge is 0.321 e. The van der Waals surface area contributed by atoms with E-state index in [1.54, 1.807) is 6.92 Å². The minimum absolute atomic E-state index is 0.232. The van der Waals surface area contributed by atoms with Gasteiger partial charge in [0, 0.05) is 5.92 Å². The average Bonchev–Trinajstić information content (AvgIpc) is 2.42. The summed E-state index contributed by atoms with van der Waals surface area (Å²) in [4.78, 5) is 10.7. The Morgan fingerprint density at radius 2 is 2.14 bits per heavy atom. The molecule has 2 unspecified atom stereocenters. The highest BCUT2D eigenvalue weighted by atomic mass is 16.4. The first-order valence-electron chi connectivity index (χ1n) is 4.48. The molecule has 0 radical (unpaired) electrons. The van der Waals surface area contributed by atoms with Gasteiger partial charge in [0.1, 0.15) is 17.6 Å². The Morgan fingerprint density at radius 3 is 2.50 bits per heavy atom. The number of furan rings is 1. The Morgan fingerprint density at radius 1 is 1.57 bits per heavy atom. The zero-order chi connectivity index (χ0) is 10.9. The highest BCUT2D eigenvalue weighted by Crippen LogP contribution is 2.24. The van der Waals surface area contributed by atoms with Gasteiger partial charge < -0.3 is 15.3 Å². The average molecular weight is 197 g/mol. The summed E-state index contributed by atoms with van der Waals surface area (Å²) in [6.45, 7) is 5.43. The van der Waals surface area contributed by atoms with Crippen molar-refractivity contribution < 1.29 is 14.3 Å². The number of carbonyl (C=O) groups is 1. The molecule has 1 heterocycles. The van der Waals surface area contributed by atoms with Crippen molar-refractivity contribution in [2.24, 2.45) is 5.73 Å². The fourth-order valence-electron chi connectivity index (χ4n) is 1.51. The van der Waals surface area contributed by atoms with E-state index in [2.05, 4.69) is 0 Å². The lowest BCUT2D eigenvalue weighted by Crippen LogP contribution is -2.35. The van der Waals surface area contributed by atoms with Crippen LogP contribution in [0.3, 0.4) is 0 Å². The van der Waals surface area contributed by atoms with Crippen molar-refractivity contribution >= 4 is 5.97 Å². The second kappa shape index (κ2) is 3.84. The van der Waals surface area contributed by atoms with Crippen LogP contribution in [0.1, 0.15) is 29.9 Å². The molecule has 78 valence electrons. The molecule has 2 atom stereocenters. The fourth-order valence-corrected chi connectivity index (χ4v) is 1.51. The first-order chi connectivity index (χ1) is 6.43. The Hall–Kier alpha value is -1.29. The van der Waals surface area contributed by atoms with Crippen LogP contribution in [0.25, 0.3) is 0 Å². The van der Waals surface area contributed by atoms with E-state index in [4.69, 9.17) is 15.3 Å². The number of aryl methyl sites for hydroxylation is 2. The third-order valence-corrected chi connectivity index (χ3v) is 2.39. The second-order valence-electron chi connectivity index (χ2n) is 3.52. The number of nitrogens with two attached hydrogens (primary N) is 1. The number of hydrogen-bond acceptors (Lipinski definition) is 3. The van der Waals surface area contributed by atoms with Gasteiger partial charge in [-0.3, -0.25) is 4.79 Å². The second-order valence-corrected chi connectivity index (χ2v) is 3.52. The van der Waals surface area contributed by atoms with Gasteiger partial charge in [0.05, 0.1) is 0 Å². The van der Waals surface area contributed by atoms with Gasteiger partial charge in [0.15, 0.2) is 0 Å². The standard InChI is InChI=1S/C10H15NO3/c1-5-4-8(7(3)14-5)6(2)9(11)10(12)13/h4,6,9H,11H2,1-3H3,(H,12,13). The Labute approximate surface area is 82.7 Å². The Bertz CT molecular complexity index is 343. The molecule has 0 aliphatic heterocycles. The van der Waals surface area contributed by atoms with Crippen molar-refractivity contribution in [1.82, 2.24) is 0 Å².